The van der Waals surface area contributed by atoms with Gasteiger partial charge in [0.2, 0.25) is 11.8 Å². The SMILES string of the molecule is N#Cc1c(NC(=O)CSc2nnc(-c3ccccc3Cl)o2)sc2c1CCCC2. The number of rotatable bonds is 5. The Morgan fingerprint density at radius 2 is 2.14 bits per heavy atom. The first-order valence-corrected chi connectivity index (χ1v) is 10.9. The molecule has 2 heterocycles. The molecule has 0 unspecified atom stereocenters. The molecule has 0 fully saturated rings. The Labute approximate surface area is 174 Å². The van der Waals surface area contributed by atoms with Crippen molar-refractivity contribution in [2.45, 2.75) is 30.9 Å². The molecule has 142 valence electrons. The van der Waals surface area contributed by atoms with E-state index in [1.54, 1.807) is 12.1 Å². The molecule has 0 bridgehead atoms. The Morgan fingerprint density at radius 3 is 2.96 bits per heavy atom. The van der Waals surface area contributed by atoms with Crippen molar-refractivity contribution in [3.05, 3.63) is 45.3 Å². The van der Waals surface area contributed by atoms with Crippen molar-refractivity contribution in [3.8, 4) is 17.5 Å². The second-order valence-corrected chi connectivity index (χ2v) is 8.66. The molecule has 0 spiro atoms. The number of hydrogen-bond acceptors (Lipinski definition) is 7. The van der Waals surface area contributed by atoms with Crippen LogP contribution in [0.2, 0.25) is 5.02 Å². The number of amides is 1. The summed E-state index contributed by atoms with van der Waals surface area (Å²) in [5, 5.41) is 21.7. The van der Waals surface area contributed by atoms with Gasteiger partial charge in [-0.2, -0.15) is 5.26 Å². The predicted octanol–water partition coefficient (Wildman–Crippen LogP) is 4.93. The third-order valence-corrected chi connectivity index (χ3v) is 6.73. The molecule has 2 aromatic heterocycles. The average molecular weight is 431 g/mol. The van der Waals surface area contributed by atoms with Gasteiger partial charge in [-0.1, -0.05) is 35.5 Å². The fraction of sp³-hybridized carbons (Fsp3) is 0.263. The molecule has 1 N–H and O–H groups in total. The van der Waals surface area contributed by atoms with E-state index in [0.717, 1.165) is 43.0 Å². The summed E-state index contributed by atoms with van der Waals surface area (Å²) < 4.78 is 5.59. The molecule has 1 aromatic carbocycles. The maximum Gasteiger partial charge on any atom is 0.277 e. The number of anilines is 1. The van der Waals surface area contributed by atoms with E-state index in [1.165, 1.54) is 16.2 Å². The number of fused-ring (bicyclic) bond motifs is 1. The molecule has 1 aliphatic rings. The molecule has 0 saturated carbocycles. The van der Waals surface area contributed by atoms with Gasteiger partial charge in [0.15, 0.2) is 0 Å². The van der Waals surface area contributed by atoms with Crippen molar-refractivity contribution in [1.29, 1.82) is 5.26 Å². The fourth-order valence-electron chi connectivity index (χ4n) is 3.07. The van der Waals surface area contributed by atoms with Crippen LogP contribution in [-0.4, -0.2) is 21.9 Å². The van der Waals surface area contributed by atoms with Crippen LogP contribution < -0.4 is 5.32 Å². The lowest BCUT2D eigenvalue weighted by Crippen LogP contribution is -2.14. The van der Waals surface area contributed by atoms with Gasteiger partial charge in [-0.25, -0.2) is 0 Å². The lowest BCUT2D eigenvalue weighted by Gasteiger charge is -2.09. The molecule has 0 saturated heterocycles. The number of benzene rings is 1. The third kappa shape index (κ3) is 3.92. The van der Waals surface area contributed by atoms with Crippen LogP contribution in [-0.2, 0) is 17.6 Å². The Hall–Kier alpha value is -2.34. The highest BCUT2D eigenvalue weighted by molar-refractivity contribution is 7.99. The van der Waals surface area contributed by atoms with Gasteiger partial charge in [-0.05, 0) is 43.4 Å². The minimum absolute atomic E-state index is 0.109. The first-order chi connectivity index (χ1) is 13.7. The molecular weight excluding hydrogens is 416 g/mol. The first kappa shape index (κ1) is 19.0. The molecular formula is C19H15ClN4O2S2. The van der Waals surface area contributed by atoms with E-state index in [2.05, 4.69) is 21.6 Å². The zero-order valence-corrected chi connectivity index (χ0v) is 17.1. The zero-order chi connectivity index (χ0) is 19.5. The summed E-state index contributed by atoms with van der Waals surface area (Å²) in [6.45, 7) is 0. The normalized spacial score (nSPS) is 13.0. The third-order valence-electron chi connectivity index (χ3n) is 4.37. The lowest BCUT2D eigenvalue weighted by molar-refractivity contribution is -0.113. The van der Waals surface area contributed by atoms with Crippen LogP contribution in [0.1, 0.15) is 28.8 Å². The summed E-state index contributed by atoms with van der Waals surface area (Å²) in [5.74, 6) is 0.209. The standard InChI is InChI=1S/C19H15ClN4O2S2/c20-14-7-3-1-6-12(14)17-23-24-19(26-17)27-10-16(25)22-18-13(9-21)11-5-2-4-8-15(11)28-18/h1,3,6-7H,2,4-5,8,10H2,(H,22,25). The number of carbonyl (C=O) groups is 1. The number of halogens is 1. The number of hydrogen-bond donors (Lipinski definition) is 1. The van der Waals surface area contributed by atoms with Crippen molar-refractivity contribution >= 4 is 45.6 Å². The molecule has 3 aromatic rings. The number of aryl methyl sites for hydroxylation is 1. The summed E-state index contributed by atoms with van der Waals surface area (Å²) in [5.41, 5.74) is 2.36. The van der Waals surface area contributed by atoms with Crippen LogP contribution >= 0.6 is 34.7 Å². The van der Waals surface area contributed by atoms with E-state index in [9.17, 15) is 10.1 Å². The van der Waals surface area contributed by atoms with Crippen LogP contribution in [0.4, 0.5) is 5.00 Å². The molecule has 1 amide bonds. The van der Waals surface area contributed by atoms with E-state index < -0.39 is 0 Å². The number of aromatic nitrogens is 2. The second-order valence-electron chi connectivity index (χ2n) is 6.22. The number of thiophene rings is 1. The second kappa shape index (κ2) is 8.35. The van der Waals surface area contributed by atoms with Gasteiger partial charge in [0.05, 0.1) is 21.9 Å². The van der Waals surface area contributed by atoms with Crippen LogP contribution in [0.25, 0.3) is 11.5 Å². The largest absolute Gasteiger partial charge is 0.411 e. The van der Waals surface area contributed by atoms with Gasteiger partial charge in [0.1, 0.15) is 11.1 Å². The Kier molecular flexibility index (Phi) is 5.67. The highest BCUT2D eigenvalue weighted by atomic mass is 35.5. The average Bonchev–Trinajstić information content (AvgIpc) is 3.30. The highest BCUT2D eigenvalue weighted by Gasteiger charge is 2.22. The smallest absolute Gasteiger partial charge is 0.277 e. The Bertz CT molecular complexity index is 1070. The van der Waals surface area contributed by atoms with Gasteiger partial charge in [-0.15, -0.1) is 21.5 Å². The van der Waals surface area contributed by atoms with Gasteiger partial charge in [0, 0.05) is 4.88 Å². The van der Waals surface area contributed by atoms with Crippen LogP contribution in [0.15, 0.2) is 33.9 Å². The maximum absolute atomic E-state index is 12.4. The van der Waals surface area contributed by atoms with Crippen molar-refractivity contribution in [1.82, 2.24) is 10.2 Å². The molecule has 6 nitrogen and oxygen atoms in total. The number of nitrogens with zero attached hydrogens (tertiary/aromatic N) is 3. The number of thioether (sulfide) groups is 1. The molecule has 9 heteroatoms. The van der Waals surface area contributed by atoms with Crippen molar-refractivity contribution < 1.29 is 9.21 Å². The first-order valence-electron chi connectivity index (χ1n) is 8.71. The quantitative estimate of drug-likeness (QED) is 0.577. The monoisotopic (exact) mass is 430 g/mol. The van der Waals surface area contributed by atoms with Gasteiger partial charge in [-0.3, -0.25) is 4.79 Å². The van der Waals surface area contributed by atoms with E-state index in [0.29, 0.717) is 27.0 Å². The predicted molar refractivity (Wildman–Crippen MR) is 110 cm³/mol. The summed E-state index contributed by atoms with van der Waals surface area (Å²) in [4.78, 5) is 13.6. The molecule has 1 aliphatic carbocycles. The van der Waals surface area contributed by atoms with Gasteiger partial charge < -0.3 is 9.73 Å². The number of nitriles is 1. The van der Waals surface area contributed by atoms with Crippen LogP contribution in [0.3, 0.4) is 0 Å². The minimum Gasteiger partial charge on any atom is -0.411 e. The van der Waals surface area contributed by atoms with Crippen molar-refractivity contribution in [2.75, 3.05) is 11.1 Å². The fourth-order valence-corrected chi connectivity index (χ4v) is 5.11. The molecule has 0 aliphatic heterocycles. The highest BCUT2D eigenvalue weighted by Crippen LogP contribution is 2.37. The maximum atomic E-state index is 12.4. The number of nitrogens with one attached hydrogen (secondary N) is 1. The van der Waals surface area contributed by atoms with Crippen LogP contribution in [0, 0.1) is 11.3 Å². The van der Waals surface area contributed by atoms with Crippen molar-refractivity contribution in [2.24, 2.45) is 0 Å². The number of carbonyl (C=O) groups excluding carboxylic acids is 1. The summed E-state index contributed by atoms with van der Waals surface area (Å²) >= 11 is 8.79. The molecule has 4 rings (SSSR count). The van der Waals surface area contributed by atoms with E-state index >= 15 is 0 Å². The molecule has 0 atom stereocenters. The van der Waals surface area contributed by atoms with Gasteiger partial charge >= 0.3 is 0 Å². The van der Waals surface area contributed by atoms with Crippen LogP contribution in [0.5, 0.6) is 0 Å². The minimum atomic E-state index is -0.211. The van der Waals surface area contributed by atoms with Crippen molar-refractivity contribution in [3.63, 3.8) is 0 Å². The zero-order valence-electron chi connectivity index (χ0n) is 14.7. The Morgan fingerprint density at radius 1 is 1.32 bits per heavy atom. The molecule has 28 heavy (non-hydrogen) atoms. The van der Waals surface area contributed by atoms with Gasteiger partial charge in [0.25, 0.3) is 5.22 Å². The summed E-state index contributed by atoms with van der Waals surface area (Å²) in [7, 11) is 0. The topological polar surface area (TPSA) is 91.8 Å². The van der Waals surface area contributed by atoms with E-state index in [1.807, 2.05) is 12.1 Å². The molecule has 0 radical (unpaired) electrons. The summed E-state index contributed by atoms with van der Waals surface area (Å²) in [6, 6.07) is 9.43. The summed E-state index contributed by atoms with van der Waals surface area (Å²) in [6.07, 6.45) is 4.11. The Balaban J connectivity index is 1.40. The van der Waals surface area contributed by atoms with E-state index in [-0.39, 0.29) is 16.9 Å². The lowest BCUT2D eigenvalue weighted by atomic mass is 9.96. The van der Waals surface area contributed by atoms with E-state index in [4.69, 9.17) is 16.0 Å².